The highest BCUT2D eigenvalue weighted by atomic mass is 79.9. The molecule has 0 aliphatic heterocycles. The Kier molecular flexibility index (Phi) is 3.90. The molecule has 2 heterocycles. The molecule has 0 saturated heterocycles. The largest absolute Gasteiger partial charge is 0.369 e. The van der Waals surface area contributed by atoms with Crippen molar-refractivity contribution in [2.24, 2.45) is 5.92 Å². The van der Waals surface area contributed by atoms with Crippen LogP contribution in [0.3, 0.4) is 0 Å². The van der Waals surface area contributed by atoms with Gasteiger partial charge in [-0.15, -0.1) is 0 Å². The van der Waals surface area contributed by atoms with E-state index in [1.165, 1.54) is 6.42 Å². The van der Waals surface area contributed by atoms with E-state index in [4.69, 9.17) is 5.73 Å². The predicted octanol–water partition coefficient (Wildman–Crippen LogP) is 3.77. The number of anilines is 1. The molecular formula is C13H19BrN4. The molecule has 0 radical (unpaired) electrons. The zero-order valence-electron chi connectivity index (χ0n) is 11.0. The number of aromatic nitrogens is 3. The van der Waals surface area contributed by atoms with Gasteiger partial charge in [-0.1, -0.05) is 20.3 Å². The molecule has 0 aliphatic carbocycles. The molecule has 2 atom stereocenters. The first-order chi connectivity index (χ1) is 8.52. The normalized spacial score (nSPS) is 14.9. The van der Waals surface area contributed by atoms with Crippen molar-refractivity contribution >= 4 is 33.0 Å². The number of nitrogens with two attached hydrogens (primary N) is 1. The van der Waals surface area contributed by atoms with Crippen molar-refractivity contribution in [3.05, 3.63) is 16.7 Å². The Morgan fingerprint density at radius 1 is 1.44 bits per heavy atom. The first-order valence-corrected chi connectivity index (χ1v) is 7.11. The monoisotopic (exact) mass is 310 g/mol. The Morgan fingerprint density at radius 3 is 2.83 bits per heavy atom. The van der Waals surface area contributed by atoms with Gasteiger partial charge in [0, 0.05) is 16.7 Å². The summed E-state index contributed by atoms with van der Waals surface area (Å²) >= 11 is 3.40. The van der Waals surface area contributed by atoms with Crippen LogP contribution in [0.4, 0.5) is 5.95 Å². The SMILES string of the molecule is CCC(C)CC(C)n1c(N)nc2cc(Br)cnc21. The highest BCUT2D eigenvalue weighted by Gasteiger charge is 2.16. The highest BCUT2D eigenvalue weighted by molar-refractivity contribution is 9.10. The number of rotatable bonds is 4. The van der Waals surface area contributed by atoms with Gasteiger partial charge in [0.25, 0.3) is 0 Å². The quantitative estimate of drug-likeness (QED) is 0.935. The van der Waals surface area contributed by atoms with Gasteiger partial charge in [0.15, 0.2) is 5.65 Å². The average molecular weight is 311 g/mol. The second-order valence-corrected chi connectivity index (χ2v) is 5.85. The second kappa shape index (κ2) is 5.26. The van der Waals surface area contributed by atoms with Crippen molar-refractivity contribution in [3.8, 4) is 0 Å². The molecule has 5 heteroatoms. The Bertz CT molecular complexity index is 549. The van der Waals surface area contributed by atoms with Crippen LogP contribution in [0.1, 0.15) is 39.7 Å². The van der Waals surface area contributed by atoms with Crippen LogP contribution in [0.15, 0.2) is 16.7 Å². The van der Waals surface area contributed by atoms with Gasteiger partial charge in [0.05, 0.1) is 0 Å². The summed E-state index contributed by atoms with van der Waals surface area (Å²) < 4.78 is 2.96. The van der Waals surface area contributed by atoms with Crippen molar-refractivity contribution in [1.82, 2.24) is 14.5 Å². The van der Waals surface area contributed by atoms with E-state index in [9.17, 15) is 0 Å². The molecule has 0 aromatic carbocycles. The third kappa shape index (κ3) is 2.51. The molecule has 0 saturated carbocycles. The molecule has 2 aromatic heterocycles. The number of nitrogen functional groups attached to an aromatic ring is 1. The van der Waals surface area contributed by atoms with Crippen LogP contribution in [0.25, 0.3) is 11.2 Å². The van der Waals surface area contributed by atoms with Crippen LogP contribution in [0, 0.1) is 5.92 Å². The molecule has 0 spiro atoms. The first kappa shape index (κ1) is 13.3. The third-order valence-electron chi connectivity index (χ3n) is 3.41. The second-order valence-electron chi connectivity index (χ2n) is 4.93. The predicted molar refractivity (Wildman–Crippen MR) is 78.4 cm³/mol. The molecule has 2 unspecified atom stereocenters. The van der Waals surface area contributed by atoms with E-state index in [1.807, 2.05) is 10.6 Å². The molecule has 0 fully saturated rings. The zero-order valence-corrected chi connectivity index (χ0v) is 12.6. The van der Waals surface area contributed by atoms with Crippen LogP contribution in [-0.2, 0) is 0 Å². The molecule has 2 aromatic rings. The number of hydrogen-bond acceptors (Lipinski definition) is 3. The number of imidazole rings is 1. The van der Waals surface area contributed by atoms with Crippen molar-refractivity contribution in [2.45, 2.75) is 39.7 Å². The lowest BCUT2D eigenvalue weighted by atomic mass is 10.0. The van der Waals surface area contributed by atoms with E-state index in [2.05, 4.69) is 46.7 Å². The van der Waals surface area contributed by atoms with E-state index in [0.29, 0.717) is 17.9 Å². The van der Waals surface area contributed by atoms with E-state index < -0.39 is 0 Å². The molecule has 2 rings (SSSR count). The van der Waals surface area contributed by atoms with Gasteiger partial charge >= 0.3 is 0 Å². The Hall–Kier alpha value is -1.10. The first-order valence-electron chi connectivity index (χ1n) is 6.31. The van der Waals surface area contributed by atoms with Gasteiger partial charge in [-0.05, 0) is 41.3 Å². The smallest absolute Gasteiger partial charge is 0.202 e. The van der Waals surface area contributed by atoms with Crippen LogP contribution >= 0.6 is 15.9 Å². The minimum Gasteiger partial charge on any atom is -0.369 e. The lowest BCUT2D eigenvalue weighted by Crippen LogP contribution is -2.12. The van der Waals surface area contributed by atoms with E-state index in [-0.39, 0.29) is 0 Å². The van der Waals surface area contributed by atoms with Gasteiger partial charge in [-0.2, -0.15) is 0 Å². The number of hydrogen-bond donors (Lipinski definition) is 1. The fraction of sp³-hybridized carbons (Fsp3) is 0.538. The summed E-state index contributed by atoms with van der Waals surface area (Å²) in [5.41, 5.74) is 7.73. The minimum atomic E-state index is 0.318. The summed E-state index contributed by atoms with van der Waals surface area (Å²) in [4.78, 5) is 8.81. The van der Waals surface area contributed by atoms with Crippen LogP contribution in [0.2, 0.25) is 0 Å². The van der Waals surface area contributed by atoms with Crippen molar-refractivity contribution in [2.75, 3.05) is 5.73 Å². The molecule has 0 aliphatic rings. The molecule has 4 nitrogen and oxygen atoms in total. The standard InChI is InChI=1S/C13H19BrN4/c1-4-8(2)5-9(3)18-12-11(17-13(18)15)6-10(14)7-16-12/h6-9H,4-5H2,1-3H3,(H2,15,17). The summed E-state index contributed by atoms with van der Waals surface area (Å²) in [5.74, 6) is 1.22. The molecule has 98 valence electrons. The lowest BCUT2D eigenvalue weighted by molar-refractivity contribution is 0.406. The summed E-state index contributed by atoms with van der Waals surface area (Å²) in [6.07, 6.45) is 4.05. The highest BCUT2D eigenvalue weighted by Crippen LogP contribution is 2.27. The maximum Gasteiger partial charge on any atom is 0.202 e. The van der Waals surface area contributed by atoms with E-state index in [0.717, 1.165) is 22.1 Å². The number of nitrogens with zero attached hydrogens (tertiary/aromatic N) is 3. The average Bonchev–Trinajstić information content (AvgIpc) is 2.63. The van der Waals surface area contributed by atoms with Gasteiger partial charge in [-0.25, -0.2) is 9.97 Å². The number of pyridine rings is 1. The summed E-state index contributed by atoms with van der Waals surface area (Å²) in [5, 5.41) is 0. The third-order valence-corrected chi connectivity index (χ3v) is 3.84. The topological polar surface area (TPSA) is 56.7 Å². The summed E-state index contributed by atoms with van der Waals surface area (Å²) in [6, 6.07) is 2.27. The maximum atomic E-state index is 6.02. The van der Waals surface area contributed by atoms with Gasteiger partial charge < -0.3 is 5.73 Å². The van der Waals surface area contributed by atoms with E-state index in [1.54, 1.807) is 6.20 Å². The molecule has 0 bridgehead atoms. The Balaban J connectivity index is 2.40. The molecule has 2 N–H and O–H groups in total. The van der Waals surface area contributed by atoms with Crippen LogP contribution in [-0.4, -0.2) is 14.5 Å². The molecular weight excluding hydrogens is 292 g/mol. The lowest BCUT2D eigenvalue weighted by Gasteiger charge is -2.18. The van der Waals surface area contributed by atoms with Crippen molar-refractivity contribution in [1.29, 1.82) is 0 Å². The van der Waals surface area contributed by atoms with Crippen molar-refractivity contribution < 1.29 is 0 Å². The molecule has 18 heavy (non-hydrogen) atoms. The summed E-state index contributed by atoms with van der Waals surface area (Å²) in [7, 11) is 0. The van der Waals surface area contributed by atoms with E-state index >= 15 is 0 Å². The zero-order chi connectivity index (χ0) is 13.3. The van der Waals surface area contributed by atoms with Gasteiger partial charge in [0.2, 0.25) is 5.95 Å². The fourth-order valence-corrected chi connectivity index (χ4v) is 2.58. The Morgan fingerprint density at radius 2 is 2.17 bits per heavy atom. The van der Waals surface area contributed by atoms with Gasteiger partial charge in [0.1, 0.15) is 5.52 Å². The van der Waals surface area contributed by atoms with Crippen LogP contribution < -0.4 is 5.73 Å². The number of halogens is 1. The fourth-order valence-electron chi connectivity index (χ4n) is 2.26. The van der Waals surface area contributed by atoms with Crippen molar-refractivity contribution in [3.63, 3.8) is 0 Å². The minimum absolute atomic E-state index is 0.318. The maximum absolute atomic E-state index is 6.02. The molecule has 0 amide bonds. The Labute approximate surface area is 116 Å². The van der Waals surface area contributed by atoms with Crippen LogP contribution in [0.5, 0.6) is 0 Å². The van der Waals surface area contributed by atoms with Gasteiger partial charge in [-0.3, -0.25) is 4.57 Å². The number of fused-ring (bicyclic) bond motifs is 1. The summed E-state index contributed by atoms with van der Waals surface area (Å²) in [6.45, 7) is 6.64.